The summed E-state index contributed by atoms with van der Waals surface area (Å²) in [6, 6.07) is 12.5. The molecule has 0 fully saturated rings. The van der Waals surface area contributed by atoms with Crippen LogP contribution in [0.2, 0.25) is 10.0 Å². The Kier molecular flexibility index (Phi) is 16.6. The maximum absolute atomic E-state index is 14.9. The highest BCUT2D eigenvalue weighted by molar-refractivity contribution is 7.89. The van der Waals surface area contributed by atoms with Crippen LogP contribution >= 0.6 is 23.2 Å². The molecule has 3 rings (SSSR count). The van der Waals surface area contributed by atoms with Crippen LogP contribution in [0.3, 0.4) is 0 Å². The number of alkyl halides is 3. The minimum Gasteiger partial charge on any atom is -0.465 e. The fraction of sp³-hybridized carbons (Fsp3) is 0.417. The molecule has 3 aromatic carbocycles. The third-order valence-electron chi connectivity index (χ3n) is 8.04. The number of ether oxygens (including phenoxy) is 3. The molecule has 0 aliphatic heterocycles. The number of nitrogens with zero attached hydrogens (tertiary/aromatic N) is 3. The molecule has 3 amide bonds. The molecule has 0 aliphatic rings. The molecule has 0 radical (unpaired) electrons. The lowest BCUT2D eigenvalue weighted by Gasteiger charge is -2.39. The average molecular weight is 836 g/mol. The molecule has 3 aromatic rings. The molecular formula is C36H43Cl2F3N4O9S. The van der Waals surface area contributed by atoms with Crippen molar-refractivity contribution in [1.29, 1.82) is 0 Å². The van der Waals surface area contributed by atoms with Crippen molar-refractivity contribution in [1.82, 2.24) is 14.5 Å². The molecule has 2 unspecified atom stereocenters. The zero-order valence-corrected chi connectivity index (χ0v) is 33.0. The van der Waals surface area contributed by atoms with Gasteiger partial charge in [0.15, 0.2) is 6.29 Å². The Morgan fingerprint density at radius 2 is 1.47 bits per heavy atom. The molecule has 2 N–H and O–H groups in total. The molecule has 0 aromatic heterocycles. The van der Waals surface area contributed by atoms with Crippen molar-refractivity contribution < 1.29 is 55.3 Å². The molecule has 0 saturated heterocycles. The van der Waals surface area contributed by atoms with Crippen LogP contribution < -0.4 is 14.4 Å². The van der Waals surface area contributed by atoms with Crippen LogP contribution in [0.15, 0.2) is 77.7 Å². The predicted octanol–water partition coefficient (Wildman–Crippen LogP) is 6.78. The molecule has 0 saturated carbocycles. The van der Waals surface area contributed by atoms with E-state index in [2.05, 4.69) is 9.46 Å². The third kappa shape index (κ3) is 13.0. The van der Waals surface area contributed by atoms with Gasteiger partial charge in [0.2, 0.25) is 15.9 Å². The maximum Gasteiger partial charge on any atom is 0.573 e. The first-order valence-electron chi connectivity index (χ1n) is 17.0. The number of halogens is 5. The van der Waals surface area contributed by atoms with Crippen molar-refractivity contribution >= 4 is 56.8 Å². The lowest BCUT2D eigenvalue weighted by atomic mass is 10.1. The van der Waals surface area contributed by atoms with E-state index in [-0.39, 0.29) is 25.4 Å². The van der Waals surface area contributed by atoms with Crippen molar-refractivity contribution in [3.05, 3.63) is 88.4 Å². The van der Waals surface area contributed by atoms with Gasteiger partial charge in [0.05, 0.1) is 11.6 Å². The number of sulfonamides is 1. The Bertz CT molecular complexity index is 1850. The zero-order valence-electron chi connectivity index (χ0n) is 30.6. The van der Waals surface area contributed by atoms with Crippen molar-refractivity contribution in [2.24, 2.45) is 0 Å². The Hall–Kier alpha value is -4.13. The highest BCUT2D eigenvalue weighted by atomic mass is 35.5. The number of nitrogens with one attached hydrogen (secondary N) is 1. The number of hydrogen-bond donors (Lipinski definition) is 2. The topological polar surface area (TPSA) is 155 Å². The van der Waals surface area contributed by atoms with Crippen LogP contribution in [-0.4, -0.2) is 98.3 Å². The number of rotatable bonds is 19. The van der Waals surface area contributed by atoms with Gasteiger partial charge in [0, 0.05) is 49.1 Å². The van der Waals surface area contributed by atoms with Gasteiger partial charge in [-0.3, -0.25) is 19.4 Å². The van der Waals surface area contributed by atoms with Crippen LogP contribution in [-0.2, 0) is 35.6 Å². The van der Waals surface area contributed by atoms with Gasteiger partial charge in [-0.1, -0.05) is 53.5 Å². The minimum atomic E-state index is -5.08. The molecular weight excluding hydrogens is 792 g/mol. The van der Waals surface area contributed by atoms with Gasteiger partial charge in [-0.2, -0.15) is 0 Å². The smallest absolute Gasteiger partial charge is 0.465 e. The Balaban J connectivity index is 2.14. The van der Waals surface area contributed by atoms with Gasteiger partial charge < -0.3 is 24.2 Å². The van der Waals surface area contributed by atoms with Gasteiger partial charge in [-0.25, -0.2) is 17.9 Å². The molecule has 302 valence electrons. The highest BCUT2D eigenvalue weighted by Crippen LogP contribution is 2.30. The summed E-state index contributed by atoms with van der Waals surface area (Å²) in [4.78, 5) is 44.7. The van der Waals surface area contributed by atoms with E-state index in [0.29, 0.717) is 21.6 Å². The van der Waals surface area contributed by atoms with Crippen LogP contribution in [0.5, 0.6) is 5.75 Å². The summed E-state index contributed by atoms with van der Waals surface area (Å²) in [5.41, 5.74) is 0.575. The second-order valence-corrected chi connectivity index (χ2v) is 14.8. The lowest BCUT2D eigenvalue weighted by Crippen LogP contribution is -2.60. The number of carboxylic acid groups (broad SMARTS) is 1. The molecule has 0 bridgehead atoms. The van der Waals surface area contributed by atoms with Gasteiger partial charge >= 0.3 is 12.5 Å². The largest absolute Gasteiger partial charge is 0.573 e. The predicted molar refractivity (Wildman–Crippen MR) is 199 cm³/mol. The summed E-state index contributed by atoms with van der Waals surface area (Å²) in [5, 5.41) is 10.1. The van der Waals surface area contributed by atoms with E-state index in [9.17, 15) is 41.1 Å². The van der Waals surface area contributed by atoms with Crippen molar-refractivity contribution in [2.45, 2.75) is 76.8 Å². The molecule has 0 spiro atoms. The van der Waals surface area contributed by atoms with Crippen LogP contribution in [0, 0.1) is 0 Å². The number of carbonyl (C=O) groups is 3. The number of anilines is 1. The Morgan fingerprint density at radius 1 is 0.873 bits per heavy atom. The summed E-state index contributed by atoms with van der Waals surface area (Å²) < 4.78 is 82.8. The Morgan fingerprint density at radius 3 is 1.98 bits per heavy atom. The van der Waals surface area contributed by atoms with E-state index < -0.39 is 87.5 Å². The van der Waals surface area contributed by atoms with Gasteiger partial charge in [0.1, 0.15) is 22.7 Å². The summed E-state index contributed by atoms with van der Waals surface area (Å²) in [6.45, 7) is 7.75. The number of carbonyl (C=O) groups excluding carboxylic acids is 2. The Labute approximate surface area is 327 Å². The fourth-order valence-electron chi connectivity index (χ4n) is 5.48. The monoisotopic (exact) mass is 834 g/mol. The van der Waals surface area contributed by atoms with Gasteiger partial charge in [-0.15, -0.1) is 13.2 Å². The minimum absolute atomic E-state index is 0.0167. The molecule has 55 heavy (non-hydrogen) atoms. The highest BCUT2D eigenvalue weighted by Gasteiger charge is 2.40. The second-order valence-electron chi connectivity index (χ2n) is 12.2. The van der Waals surface area contributed by atoms with E-state index in [4.69, 9.17) is 32.7 Å². The molecule has 13 nitrogen and oxygen atoms in total. The summed E-state index contributed by atoms with van der Waals surface area (Å²) in [5.74, 6) is -2.36. The van der Waals surface area contributed by atoms with Crippen molar-refractivity contribution in [3.63, 3.8) is 0 Å². The van der Waals surface area contributed by atoms with Gasteiger partial charge in [-0.05, 0) is 76.6 Å². The maximum atomic E-state index is 14.9. The first kappa shape index (κ1) is 45.3. The first-order chi connectivity index (χ1) is 25.8. The molecule has 19 heteroatoms. The van der Waals surface area contributed by atoms with Crippen LogP contribution in [0.25, 0.3) is 0 Å². The molecule has 0 aliphatic carbocycles. The van der Waals surface area contributed by atoms with Crippen molar-refractivity contribution in [2.75, 3.05) is 31.2 Å². The summed E-state index contributed by atoms with van der Waals surface area (Å²) in [7, 11) is -4.72. The van der Waals surface area contributed by atoms with Crippen LogP contribution in [0.1, 0.15) is 40.2 Å². The average Bonchev–Trinajstić information content (AvgIpc) is 3.10. The van der Waals surface area contributed by atoms with Gasteiger partial charge in [0.25, 0.3) is 5.91 Å². The van der Waals surface area contributed by atoms with E-state index in [1.165, 1.54) is 36.1 Å². The van der Waals surface area contributed by atoms with E-state index in [0.717, 1.165) is 17.0 Å². The van der Waals surface area contributed by atoms with Crippen molar-refractivity contribution in [3.8, 4) is 5.75 Å². The fourth-order valence-corrected chi connectivity index (χ4v) is 7.18. The van der Waals surface area contributed by atoms with E-state index >= 15 is 0 Å². The molecule has 2 atom stereocenters. The zero-order chi connectivity index (χ0) is 41.1. The van der Waals surface area contributed by atoms with Crippen LogP contribution in [0.4, 0.5) is 23.7 Å². The summed E-state index contributed by atoms with van der Waals surface area (Å²) >= 11 is 12.2. The number of benzene rings is 3. The third-order valence-corrected chi connectivity index (χ3v) is 10.2. The van der Waals surface area contributed by atoms with E-state index in [1.54, 1.807) is 58.0 Å². The normalized spacial score (nSPS) is 13.0. The summed E-state index contributed by atoms with van der Waals surface area (Å²) in [6.07, 6.45) is -7.49. The first-order valence-corrected chi connectivity index (χ1v) is 19.2. The quantitative estimate of drug-likeness (QED) is 0.125. The standard InChI is InChI=1S/C36H43Cl2F3N4O9S/c1-6-52-32(53-7-2)22-43(23(3)4)33(46)24(5)45(27-15-13-26(37)14-16-27)34(47)30(44(35(48)49)21-25-11-9-8-10-12-25)20-42-55(50,51)31-18-17-28(19-29(31)38)54-36(39,40)41/h8-19,23-24,30,32,42H,6-7,20-22H2,1-5H3,(H,48,49). The van der Waals surface area contributed by atoms with E-state index in [1.807, 2.05) is 0 Å². The SMILES string of the molecule is CCOC(CN(C(=O)C(C)N(C(=O)C(CNS(=O)(=O)c1ccc(OC(F)(F)F)cc1Cl)N(Cc1ccccc1)C(=O)O)c1ccc(Cl)cc1)C(C)C)OCC. The number of hydrogen-bond acceptors (Lipinski definition) is 8. The molecule has 0 heterocycles. The number of amides is 3. The second kappa shape index (κ2) is 20.2. The lowest BCUT2D eigenvalue weighted by molar-refractivity contribution is -0.274.